The van der Waals surface area contributed by atoms with Crippen molar-refractivity contribution >= 4 is 23.1 Å². The number of halogens is 1. The maximum Gasteiger partial charge on any atom is 0.274 e. The van der Waals surface area contributed by atoms with Gasteiger partial charge in [-0.15, -0.1) is 0 Å². The number of aliphatic hydroxyl groups excluding tert-OH is 2. The standard InChI is InChI=1S/C28H25FN6O4/c1-34-23(9-11-31-34)18-10-12-35-24(15-30-25(35)14-18)28(39)32-21-13-19(7-8-20(21)29)27(38)33-22(16-36)26(37)17-5-3-2-4-6-17/h2-15,22,26,36-37H,16H2,1H3,(H,32,39)(H,33,38)/t22-,26+/m0/s1. The highest BCUT2D eigenvalue weighted by Gasteiger charge is 2.23. The molecule has 0 bridgehead atoms. The van der Waals surface area contributed by atoms with Crippen molar-refractivity contribution < 1.29 is 24.2 Å². The van der Waals surface area contributed by atoms with Crippen LogP contribution >= 0.6 is 0 Å². The fourth-order valence-corrected chi connectivity index (χ4v) is 4.27. The maximum atomic E-state index is 14.6. The quantitative estimate of drug-likeness (QED) is 0.245. The third-order valence-corrected chi connectivity index (χ3v) is 6.37. The smallest absolute Gasteiger partial charge is 0.274 e. The van der Waals surface area contributed by atoms with Crippen LogP contribution in [-0.4, -0.2) is 53.8 Å². The van der Waals surface area contributed by atoms with E-state index in [0.29, 0.717) is 11.2 Å². The molecule has 3 heterocycles. The number of aryl methyl sites for hydroxylation is 1. The third-order valence-electron chi connectivity index (χ3n) is 6.37. The molecule has 4 N–H and O–H groups in total. The summed E-state index contributed by atoms with van der Waals surface area (Å²) in [6.45, 7) is -0.525. The Balaban J connectivity index is 1.33. The lowest BCUT2D eigenvalue weighted by Gasteiger charge is -2.22. The molecule has 0 radical (unpaired) electrons. The van der Waals surface area contributed by atoms with Crippen LogP contribution < -0.4 is 10.6 Å². The molecule has 0 spiro atoms. The Morgan fingerprint density at radius 2 is 1.85 bits per heavy atom. The zero-order valence-corrected chi connectivity index (χ0v) is 20.8. The number of anilines is 1. The van der Waals surface area contributed by atoms with Crippen molar-refractivity contribution in [2.75, 3.05) is 11.9 Å². The number of rotatable bonds is 8. The van der Waals surface area contributed by atoms with Gasteiger partial charge in [-0.3, -0.25) is 18.7 Å². The number of pyridine rings is 1. The Kier molecular flexibility index (Phi) is 7.17. The predicted molar refractivity (Wildman–Crippen MR) is 141 cm³/mol. The van der Waals surface area contributed by atoms with Crippen LogP contribution in [0.4, 0.5) is 10.1 Å². The zero-order valence-electron chi connectivity index (χ0n) is 20.8. The Bertz CT molecular complexity index is 1650. The SMILES string of the molecule is Cn1nccc1-c1ccn2c(C(=O)Nc3cc(C(=O)N[C@@H](CO)[C@H](O)c4ccccc4)ccc3F)cnc2c1. The van der Waals surface area contributed by atoms with Gasteiger partial charge in [0, 0.05) is 30.6 Å². The molecule has 198 valence electrons. The van der Waals surface area contributed by atoms with Gasteiger partial charge in [0.2, 0.25) is 0 Å². The lowest BCUT2D eigenvalue weighted by molar-refractivity contribution is 0.0703. The van der Waals surface area contributed by atoms with Crippen LogP contribution in [-0.2, 0) is 7.05 Å². The molecule has 5 aromatic rings. The summed E-state index contributed by atoms with van der Waals surface area (Å²) in [7, 11) is 1.82. The van der Waals surface area contributed by atoms with Crippen molar-refractivity contribution in [3.8, 4) is 11.3 Å². The lowest BCUT2D eigenvalue weighted by Crippen LogP contribution is -2.42. The second kappa shape index (κ2) is 10.9. The van der Waals surface area contributed by atoms with Gasteiger partial charge in [-0.2, -0.15) is 5.10 Å². The minimum atomic E-state index is -1.16. The number of aliphatic hydroxyl groups is 2. The Morgan fingerprint density at radius 3 is 2.56 bits per heavy atom. The first-order valence-corrected chi connectivity index (χ1v) is 12.1. The summed E-state index contributed by atoms with van der Waals surface area (Å²) in [5.74, 6) is -2.02. The van der Waals surface area contributed by atoms with E-state index in [0.717, 1.165) is 17.3 Å². The molecule has 10 nitrogen and oxygen atoms in total. The molecule has 39 heavy (non-hydrogen) atoms. The molecule has 2 atom stereocenters. The molecule has 0 aliphatic rings. The van der Waals surface area contributed by atoms with E-state index in [1.165, 1.54) is 18.3 Å². The van der Waals surface area contributed by atoms with E-state index in [1.54, 1.807) is 57.9 Å². The Hall–Kier alpha value is -4.87. The highest BCUT2D eigenvalue weighted by molar-refractivity contribution is 6.04. The molecule has 0 aliphatic heterocycles. The Labute approximate surface area is 222 Å². The first-order chi connectivity index (χ1) is 18.9. The molecule has 0 unspecified atom stereocenters. The van der Waals surface area contributed by atoms with E-state index in [2.05, 4.69) is 20.7 Å². The van der Waals surface area contributed by atoms with Crippen LogP contribution in [0.15, 0.2) is 85.3 Å². The monoisotopic (exact) mass is 528 g/mol. The number of carbonyl (C=O) groups excluding carboxylic acids is 2. The minimum absolute atomic E-state index is 0.0318. The van der Waals surface area contributed by atoms with E-state index in [9.17, 15) is 24.2 Å². The highest BCUT2D eigenvalue weighted by atomic mass is 19.1. The minimum Gasteiger partial charge on any atom is -0.394 e. The average Bonchev–Trinajstić information content (AvgIpc) is 3.58. The second-order valence-corrected chi connectivity index (χ2v) is 8.89. The van der Waals surface area contributed by atoms with Crippen LogP contribution in [0.1, 0.15) is 32.5 Å². The summed E-state index contributed by atoms with van der Waals surface area (Å²) in [5, 5.41) is 29.5. The largest absolute Gasteiger partial charge is 0.394 e. The van der Waals surface area contributed by atoms with Crippen LogP contribution in [0.3, 0.4) is 0 Å². The van der Waals surface area contributed by atoms with Gasteiger partial charge in [-0.05, 0) is 42.0 Å². The predicted octanol–water partition coefficient (Wildman–Crippen LogP) is 2.95. The molecular formula is C28H25FN6O4. The number of hydrogen-bond acceptors (Lipinski definition) is 6. The van der Waals surface area contributed by atoms with Gasteiger partial charge in [0.05, 0.1) is 30.2 Å². The van der Waals surface area contributed by atoms with Gasteiger partial charge in [0.1, 0.15) is 23.3 Å². The van der Waals surface area contributed by atoms with Crippen LogP contribution in [0.25, 0.3) is 16.9 Å². The fraction of sp³-hybridized carbons (Fsp3) is 0.143. The summed E-state index contributed by atoms with van der Waals surface area (Å²) in [6, 6.07) is 16.6. The van der Waals surface area contributed by atoms with Crippen LogP contribution in [0, 0.1) is 5.82 Å². The van der Waals surface area contributed by atoms with E-state index in [-0.39, 0.29) is 16.9 Å². The van der Waals surface area contributed by atoms with Crippen LogP contribution in [0.5, 0.6) is 0 Å². The van der Waals surface area contributed by atoms with E-state index < -0.39 is 36.4 Å². The molecule has 2 amide bonds. The van der Waals surface area contributed by atoms with E-state index >= 15 is 0 Å². The van der Waals surface area contributed by atoms with Gasteiger partial charge >= 0.3 is 0 Å². The lowest BCUT2D eigenvalue weighted by atomic mass is 10.0. The summed E-state index contributed by atoms with van der Waals surface area (Å²) in [6.07, 6.45) is 3.59. The van der Waals surface area contributed by atoms with Gasteiger partial charge in [-0.25, -0.2) is 9.37 Å². The maximum absolute atomic E-state index is 14.6. The van der Waals surface area contributed by atoms with Crippen molar-refractivity contribution in [3.63, 3.8) is 0 Å². The summed E-state index contributed by atoms with van der Waals surface area (Å²) in [4.78, 5) is 30.2. The number of imidazole rings is 1. The molecule has 11 heteroatoms. The second-order valence-electron chi connectivity index (χ2n) is 8.89. The number of carbonyl (C=O) groups is 2. The summed E-state index contributed by atoms with van der Waals surface area (Å²) in [5.41, 5.74) is 2.76. The van der Waals surface area contributed by atoms with Crippen molar-refractivity contribution in [1.29, 1.82) is 0 Å². The number of hydrogen-bond donors (Lipinski definition) is 4. The van der Waals surface area contributed by atoms with Gasteiger partial charge in [-0.1, -0.05) is 30.3 Å². The zero-order chi connectivity index (χ0) is 27.5. The van der Waals surface area contributed by atoms with Crippen molar-refractivity contribution in [2.45, 2.75) is 12.1 Å². The van der Waals surface area contributed by atoms with Crippen molar-refractivity contribution in [2.24, 2.45) is 7.05 Å². The number of nitrogens with zero attached hydrogens (tertiary/aromatic N) is 4. The number of nitrogens with one attached hydrogen (secondary N) is 2. The summed E-state index contributed by atoms with van der Waals surface area (Å²) < 4.78 is 17.9. The normalized spacial score (nSPS) is 12.7. The van der Waals surface area contributed by atoms with Gasteiger partial charge in [0.25, 0.3) is 11.8 Å². The topological polar surface area (TPSA) is 134 Å². The molecule has 3 aromatic heterocycles. The first-order valence-electron chi connectivity index (χ1n) is 12.1. The first kappa shape index (κ1) is 25.8. The third kappa shape index (κ3) is 5.26. The number of aromatic nitrogens is 4. The fourth-order valence-electron chi connectivity index (χ4n) is 4.27. The number of benzene rings is 2. The Morgan fingerprint density at radius 1 is 1.05 bits per heavy atom. The average molecular weight is 529 g/mol. The van der Waals surface area contributed by atoms with E-state index in [4.69, 9.17) is 0 Å². The van der Waals surface area contributed by atoms with Crippen molar-refractivity contribution in [3.05, 3.63) is 108 Å². The molecule has 2 aromatic carbocycles. The molecule has 0 aliphatic carbocycles. The summed E-state index contributed by atoms with van der Waals surface area (Å²) >= 11 is 0. The molecule has 0 fully saturated rings. The molecule has 0 saturated heterocycles. The molecule has 5 rings (SSSR count). The van der Waals surface area contributed by atoms with E-state index in [1.807, 2.05) is 19.2 Å². The number of fused-ring (bicyclic) bond motifs is 1. The van der Waals surface area contributed by atoms with Gasteiger partial charge in [0.15, 0.2) is 0 Å². The van der Waals surface area contributed by atoms with Crippen molar-refractivity contribution in [1.82, 2.24) is 24.5 Å². The van der Waals surface area contributed by atoms with Gasteiger partial charge < -0.3 is 20.8 Å². The molecular weight excluding hydrogens is 503 g/mol. The van der Waals surface area contributed by atoms with Crippen LogP contribution in [0.2, 0.25) is 0 Å². The number of amides is 2. The highest BCUT2D eigenvalue weighted by Crippen LogP contribution is 2.22. The molecule has 0 saturated carbocycles.